The predicted molar refractivity (Wildman–Crippen MR) is 172 cm³/mol. The van der Waals surface area contributed by atoms with Crippen LogP contribution < -0.4 is 0 Å². The van der Waals surface area contributed by atoms with Gasteiger partial charge in [0.2, 0.25) is 0 Å². The van der Waals surface area contributed by atoms with Crippen molar-refractivity contribution in [2.24, 2.45) is 22.9 Å². The molecule has 0 radical (unpaired) electrons. The van der Waals surface area contributed by atoms with Crippen molar-refractivity contribution in [1.82, 2.24) is 4.90 Å². The predicted octanol–water partition coefficient (Wildman–Crippen LogP) is 3.22. The molecule has 15 atom stereocenters. The summed E-state index contributed by atoms with van der Waals surface area (Å²) in [6.45, 7) is 16.6. The first-order valence-electron chi connectivity index (χ1n) is 16.8. The molecule has 0 aromatic carbocycles. The maximum Gasteiger partial charge on any atom is 0.311 e. The van der Waals surface area contributed by atoms with Crippen LogP contribution in [-0.2, 0) is 38.0 Å². The second-order valence-corrected chi connectivity index (χ2v) is 14.9. The molecule has 13 nitrogen and oxygen atoms in total. The van der Waals surface area contributed by atoms with Crippen LogP contribution in [0.5, 0.6) is 0 Å². The fraction of sp³-hybridized carbons (Fsp3) is 0.882. The number of ether oxygens (including phenoxy) is 7. The van der Waals surface area contributed by atoms with Crippen molar-refractivity contribution in [3.63, 3.8) is 0 Å². The standard InChI is InChI=1S/C34H58N2O11/c1-16-14-34(9)30(46-32-25(37)23(36(10)11)13-17(2)42-32)19(4)27(44-24-15-33(8,41-12)29(38)22(7)43-24)20(5)31(39)45-28(21(6)35-40)18(3)26(16)47-34/h17-20,22-25,27-30,32,37-38,40H,13-15H2,1-12H3/b35-21+/t17?,18-,19-,20+,22?,23?,24-,25?,27-,28+,29-,30+,32-,33?,34?/m0/s1. The lowest BCUT2D eigenvalue weighted by molar-refractivity contribution is -0.316. The monoisotopic (exact) mass is 670 g/mol. The van der Waals surface area contributed by atoms with Crippen LogP contribution in [0.15, 0.2) is 16.5 Å². The maximum atomic E-state index is 14.0. The van der Waals surface area contributed by atoms with Crippen LogP contribution in [0.2, 0.25) is 0 Å². The van der Waals surface area contributed by atoms with Gasteiger partial charge in [0.25, 0.3) is 0 Å². The molecule has 0 spiro atoms. The number of aliphatic hydroxyl groups excluding tert-OH is 2. The highest BCUT2D eigenvalue weighted by atomic mass is 16.7. The van der Waals surface area contributed by atoms with E-state index in [1.165, 1.54) is 7.11 Å². The first-order valence-corrected chi connectivity index (χ1v) is 16.8. The average molecular weight is 671 g/mol. The van der Waals surface area contributed by atoms with E-state index in [2.05, 4.69) is 5.16 Å². The van der Waals surface area contributed by atoms with Crippen molar-refractivity contribution in [1.29, 1.82) is 0 Å². The van der Waals surface area contributed by atoms with Crippen LogP contribution >= 0.6 is 0 Å². The summed E-state index contributed by atoms with van der Waals surface area (Å²) in [4.78, 5) is 16.0. The number of aliphatic hydroxyl groups is 2. The number of likely N-dealkylation sites (N-methyl/N-ethyl adjacent to an activating group) is 1. The van der Waals surface area contributed by atoms with Crippen LogP contribution in [0, 0.1) is 17.8 Å². The number of carbonyl (C=O) groups excluding carboxylic acids is 1. The van der Waals surface area contributed by atoms with Gasteiger partial charge in [0.1, 0.15) is 29.7 Å². The molecule has 6 unspecified atom stereocenters. The molecule has 13 heteroatoms. The zero-order chi connectivity index (χ0) is 35.2. The van der Waals surface area contributed by atoms with Crippen LogP contribution in [0.4, 0.5) is 0 Å². The lowest BCUT2D eigenvalue weighted by Crippen LogP contribution is -2.60. The third-order valence-corrected chi connectivity index (χ3v) is 10.9. The van der Waals surface area contributed by atoms with Gasteiger partial charge in [-0.3, -0.25) is 4.79 Å². The lowest BCUT2D eigenvalue weighted by atomic mass is 9.79. The Morgan fingerprint density at radius 2 is 1.70 bits per heavy atom. The largest absolute Gasteiger partial charge is 0.488 e. The van der Waals surface area contributed by atoms with Gasteiger partial charge >= 0.3 is 5.97 Å². The molecule has 3 fully saturated rings. The Balaban J connectivity index is 1.80. The fourth-order valence-electron chi connectivity index (χ4n) is 8.00. The minimum Gasteiger partial charge on any atom is -0.488 e. The van der Waals surface area contributed by atoms with Crippen molar-refractivity contribution >= 4 is 11.7 Å². The molecule has 0 saturated carbocycles. The van der Waals surface area contributed by atoms with E-state index in [-0.39, 0.29) is 24.3 Å². The van der Waals surface area contributed by atoms with E-state index in [1.807, 2.05) is 53.6 Å². The normalized spacial score (nSPS) is 47.0. The van der Waals surface area contributed by atoms with E-state index in [1.54, 1.807) is 27.7 Å². The first kappa shape index (κ1) is 38.0. The average Bonchev–Trinajstić information content (AvgIpc) is 3.33. The topological polar surface area (TPSA) is 158 Å². The van der Waals surface area contributed by atoms with E-state index in [4.69, 9.17) is 33.2 Å². The quantitative estimate of drug-likeness (QED) is 0.158. The van der Waals surface area contributed by atoms with Gasteiger partial charge in [0, 0.05) is 31.9 Å². The van der Waals surface area contributed by atoms with Crippen molar-refractivity contribution < 1.29 is 53.4 Å². The number of hydrogen-bond donors (Lipinski definition) is 3. The molecular formula is C34H58N2O11. The number of nitrogens with zero attached hydrogens (tertiary/aromatic N) is 2. The number of cyclic esters (lactones) is 1. The number of fused-ring (bicyclic) bond motifs is 2. The van der Waals surface area contributed by atoms with Crippen molar-refractivity contribution in [2.75, 3.05) is 21.2 Å². The molecule has 0 aromatic rings. The summed E-state index contributed by atoms with van der Waals surface area (Å²) >= 11 is 0. The Kier molecular flexibility index (Phi) is 11.8. The summed E-state index contributed by atoms with van der Waals surface area (Å²) in [5, 5.41) is 35.5. The molecule has 4 heterocycles. The summed E-state index contributed by atoms with van der Waals surface area (Å²) in [5.74, 6) is -1.80. The summed E-state index contributed by atoms with van der Waals surface area (Å²) in [6, 6.07) is -0.202. The molecule has 4 aliphatic heterocycles. The highest BCUT2D eigenvalue weighted by Gasteiger charge is 2.55. The number of hydrogen-bond acceptors (Lipinski definition) is 13. The smallest absolute Gasteiger partial charge is 0.311 e. The summed E-state index contributed by atoms with van der Waals surface area (Å²) in [7, 11) is 5.37. The lowest BCUT2D eigenvalue weighted by Gasteiger charge is -2.48. The number of methoxy groups -OCH3 is 1. The zero-order valence-electron chi connectivity index (χ0n) is 30.1. The van der Waals surface area contributed by atoms with Crippen LogP contribution in [0.25, 0.3) is 0 Å². The molecular weight excluding hydrogens is 612 g/mol. The molecule has 47 heavy (non-hydrogen) atoms. The van der Waals surface area contributed by atoms with Crippen molar-refractivity contribution in [2.45, 2.75) is 154 Å². The van der Waals surface area contributed by atoms with Gasteiger partial charge in [-0.1, -0.05) is 19.0 Å². The summed E-state index contributed by atoms with van der Waals surface area (Å²) in [5.41, 5.74) is -0.754. The Bertz CT molecular complexity index is 1180. The Labute approximate surface area is 279 Å². The van der Waals surface area contributed by atoms with Gasteiger partial charge in [-0.25, -0.2) is 0 Å². The Morgan fingerprint density at radius 1 is 1.04 bits per heavy atom. The van der Waals surface area contributed by atoms with Crippen LogP contribution in [0.3, 0.4) is 0 Å². The highest BCUT2D eigenvalue weighted by Crippen LogP contribution is 2.47. The van der Waals surface area contributed by atoms with Crippen LogP contribution in [-0.4, -0.2) is 126 Å². The molecule has 4 aliphatic rings. The van der Waals surface area contributed by atoms with E-state index in [0.29, 0.717) is 18.6 Å². The van der Waals surface area contributed by atoms with Gasteiger partial charge in [-0.05, 0) is 74.6 Å². The number of oxime groups is 1. The third-order valence-electron chi connectivity index (χ3n) is 10.9. The maximum absolute atomic E-state index is 14.0. The van der Waals surface area contributed by atoms with E-state index in [0.717, 1.165) is 5.57 Å². The Morgan fingerprint density at radius 3 is 2.30 bits per heavy atom. The van der Waals surface area contributed by atoms with Crippen molar-refractivity contribution in [3.8, 4) is 0 Å². The summed E-state index contributed by atoms with van der Waals surface area (Å²) in [6.07, 6.45) is -5.66. The highest BCUT2D eigenvalue weighted by molar-refractivity contribution is 5.89. The van der Waals surface area contributed by atoms with Gasteiger partial charge in [-0.15, -0.1) is 0 Å². The van der Waals surface area contributed by atoms with Gasteiger partial charge < -0.3 is 53.5 Å². The molecule has 270 valence electrons. The number of rotatable bonds is 7. The zero-order valence-corrected chi connectivity index (χ0v) is 30.1. The molecule has 3 saturated heterocycles. The van der Waals surface area contributed by atoms with Gasteiger partial charge in [0.15, 0.2) is 18.7 Å². The third kappa shape index (κ3) is 7.52. The van der Waals surface area contributed by atoms with E-state index >= 15 is 0 Å². The first-order chi connectivity index (χ1) is 21.9. The molecule has 0 amide bonds. The molecule has 0 aliphatic carbocycles. The number of esters is 1. The van der Waals surface area contributed by atoms with Crippen LogP contribution in [0.1, 0.15) is 81.6 Å². The molecule has 3 N–H and O–H groups in total. The minimum absolute atomic E-state index is 0.181. The number of carbonyl (C=O) groups is 1. The second kappa shape index (κ2) is 14.6. The SMILES string of the molecule is COC1(C)C[C@H](O[C@H]2[C@H](C)[C@@H](O[C@@H]3OC(C)CC(N(C)C)C3O)C3(C)CC(C)=C(O3)[C@H](C)[C@H](/C(C)=N/O)OC(=O)[C@@H]2C)OC(C)[C@@H]1O. The Hall–Kier alpha value is -1.84. The minimum atomic E-state index is -0.983. The molecule has 2 bridgehead atoms. The molecule has 4 rings (SSSR count). The van der Waals surface area contributed by atoms with E-state index < -0.39 is 84.1 Å². The second-order valence-electron chi connectivity index (χ2n) is 14.9. The van der Waals surface area contributed by atoms with E-state index in [9.17, 15) is 20.2 Å². The fourth-order valence-corrected chi connectivity index (χ4v) is 8.00. The van der Waals surface area contributed by atoms with Crippen molar-refractivity contribution in [3.05, 3.63) is 11.3 Å². The van der Waals surface area contributed by atoms with Gasteiger partial charge in [0.05, 0.1) is 41.5 Å². The van der Waals surface area contributed by atoms with Gasteiger partial charge in [-0.2, -0.15) is 0 Å². The summed E-state index contributed by atoms with van der Waals surface area (Å²) < 4.78 is 44.5. The molecule has 0 aromatic heterocycles.